The third-order valence-corrected chi connectivity index (χ3v) is 4.40. The summed E-state index contributed by atoms with van der Waals surface area (Å²) in [5.74, 6) is 1.14. The van der Waals surface area contributed by atoms with E-state index in [0.29, 0.717) is 30.3 Å². The zero-order valence-corrected chi connectivity index (χ0v) is 15.4. The number of carbonyl (C=O) groups is 1. The van der Waals surface area contributed by atoms with E-state index in [1.807, 2.05) is 30.0 Å². The van der Waals surface area contributed by atoms with Crippen LogP contribution in [0.5, 0.6) is 11.5 Å². The molecule has 1 heterocycles. The Labute approximate surface area is 160 Å². The van der Waals surface area contributed by atoms with Gasteiger partial charge in [-0.3, -0.25) is 19.8 Å². The van der Waals surface area contributed by atoms with Crippen molar-refractivity contribution in [3.05, 3.63) is 57.1 Å². The first-order valence-electron chi connectivity index (χ1n) is 8.31. The highest BCUT2D eigenvalue weighted by Crippen LogP contribution is 2.32. The van der Waals surface area contributed by atoms with E-state index in [9.17, 15) is 14.9 Å². The first-order valence-corrected chi connectivity index (χ1v) is 8.68. The highest BCUT2D eigenvalue weighted by molar-refractivity contribution is 6.32. The molecule has 0 unspecified atom stereocenters. The molecule has 2 aromatic rings. The summed E-state index contributed by atoms with van der Waals surface area (Å²) in [6, 6.07) is 9.83. The van der Waals surface area contributed by atoms with Crippen molar-refractivity contribution in [1.82, 2.24) is 4.90 Å². The Balaban J connectivity index is 1.62. The Morgan fingerprint density at radius 3 is 2.78 bits per heavy atom. The second kappa shape index (κ2) is 8.24. The minimum absolute atomic E-state index is 0.0241. The third kappa shape index (κ3) is 4.66. The van der Waals surface area contributed by atoms with E-state index in [1.54, 1.807) is 0 Å². The normalized spacial score (nSPS) is 12.3. The van der Waals surface area contributed by atoms with Gasteiger partial charge in [0.1, 0.15) is 5.02 Å². The summed E-state index contributed by atoms with van der Waals surface area (Å²) in [6.07, 6.45) is 0. The molecule has 0 fully saturated rings. The lowest BCUT2D eigenvalue weighted by molar-refractivity contribution is -0.384. The van der Waals surface area contributed by atoms with Crippen LogP contribution in [0.2, 0.25) is 5.02 Å². The first-order chi connectivity index (χ1) is 13.0. The van der Waals surface area contributed by atoms with E-state index in [1.165, 1.54) is 18.2 Å². The molecule has 0 bridgehead atoms. The van der Waals surface area contributed by atoms with E-state index < -0.39 is 4.92 Å². The lowest BCUT2D eigenvalue weighted by atomic mass is 10.2. The molecule has 1 aliphatic rings. The van der Waals surface area contributed by atoms with Crippen LogP contribution in [0.3, 0.4) is 0 Å². The van der Waals surface area contributed by atoms with Crippen molar-refractivity contribution in [1.29, 1.82) is 0 Å². The van der Waals surface area contributed by atoms with Crippen LogP contribution >= 0.6 is 11.6 Å². The van der Waals surface area contributed by atoms with Gasteiger partial charge >= 0.3 is 0 Å². The standard InChI is InChI=1S/C18H18ClN3O5/c1-2-21(9-12-3-6-16-17(7-12)27-11-26-16)10-18(23)20-13-4-5-14(19)15(8-13)22(24)25/h3-8H,2,9-11H2,1H3,(H,20,23). The molecule has 1 N–H and O–H groups in total. The second-order valence-electron chi connectivity index (χ2n) is 5.96. The Morgan fingerprint density at radius 1 is 1.26 bits per heavy atom. The number of nitro benzene ring substituents is 1. The van der Waals surface area contributed by atoms with Crippen LogP contribution in [0.25, 0.3) is 0 Å². The highest BCUT2D eigenvalue weighted by Gasteiger charge is 2.17. The zero-order chi connectivity index (χ0) is 19.4. The fraction of sp³-hybridized carbons (Fsp3) is 0.278. The minimum Gasteiger partial charge on any atom is -0.454 e. The van der Waals surface area contributed by atoms with Gasteiger partial charge in [0.25, 0.3) is 5.69 Å². The molecule has 142 valence electrons. The highest BCUT2D eigenvalue weighted by atomic mass is 35.5. The number of nitro groups is 1. The SMILES string of the molecule is CCN(CC(=O)Nc1ccc(Cl)c([N+](=O)[O-])c1)Cc1ccc2c(c1)OCO2. The fourth-order valence-corrected chi connectivity index (χ4v) is 2.90. The van der Waals surface area contributed by atoms with Gasteiger partial charge < -0.3 is 14.8 Å². The number of benzene rings is 2. The lowest BCUT2D eigenvalue weighted by Gasteiger charge is -2.20. The quantitative estimate of drug-likeness (QED) is 0.574. The molecule has 0 spiro atoms. The van der Waals surface area contributed by atoms with E-state index in [2.05, 4.69) is 5.32 Å². The molecule has 0 aromatic heterocycles. The van der Waals surface area contributed by atoms with Crippen LogP contribution in [0.4, 0.5) is 11.4 Å². The minimum atomic E-state index is -0.587. The summed E-state index contributed by atoms with van der Waals surface area (Å²) in [4.78, 5) is 24.6. The van der Waals surface area contributed by atoms with E-state index >= 15 is 0 Å². The maximum Gasteiger partial charge on any atom is 0.289 e. The average Bonchev–Trinajstić information content (AvgIpc) is 3.10. The van der Waals surface area contributed by atoms with Gasteiger partial charge in [0.15, 0.2) is 11.5 Å². The van der Waals surface area contributed by atoms with Gasteiger partial charge in [0.05, 0.1) is 11.5 Å². The smallest absolute Gasteiger partial charge is 0.289 e. The molecule has 0 aliphatic carbocycles. The number of hydrogen-bond donors (Lipinski definition) is 1. The van der Waals surface area contributed by atoms with Crippen molar-refractivity contribution in [2.75, 3.05) is 25.2 Å². The number of fused-ring (bicyclic) bond motifs is 1. The number of halogens is 1. The summed E-state index contributed by atoms with van der Waals surface area (Å²) in [5, 5.41) is 13.6. The van der Waals surface area contributed by atoms with Crippen LogP contribution < -0.4 is 14.8 Å². The first kappa shape index (κ1) is 18.9. The molecule has 2 aromatic carbocycles. The van der Waals surface area contributed by atoms with Crippen LogP contribution in [0.1, 0.15) is 12.5 Å². The molecule has 8 nitrogen and oxygen atoms in total. The largest absolute Gasteiger partial charge is 0.454 e. The second-order valence-corrected chi connectivity index (χ2v) is 6.37. The number of nitrogens with one attached hydrogen (secondary N) is 1. The third-order valence-electron chi connectivity index (χ3n) is 4.08. The van der Waals surface area contributed by atoms with Crippen LogP contribution in [0, 0.1) is 10.1 Å². The van der Waals surface area contributed by atoms with Crippen LogP contribution in [-0.4, -0.2) is 35.6 Å². The number of ether oxygens (including phenoxy) is 2. The number of carbonyl (C=O) groups excluding carboxylic acids is 1. The fourth-order valence-electron chi connectivity index (χ4n) is 2.71. The Kier molecular flexibility index (Phi) is 5.78. The van der Waals surface area contributed by atoms with Crippen LogP contribution in [0.15, 0.2) is 36.4 Å². The maximum atomic E-state index is 12.3. The lowest BCUT2D eigenvalue weighted by Crippen LogP contribution is -2.32. The van der Waals surface area contributed by atoms with Crippen molar-refractivity contribution < 1.29 is 19.2 Å². The molecule has 1 amide bonds. The number of nitrogens with zero attached hydrogens (tertiary/aromatic N) is 2. The zero-order valence-electron chi connectivity index (χ0n) is 14.6. The van der Waals surface area contributed by atoms with Gasteiger partial charge in [0.2, 0.25) is 12.7 Å². The average molecular weight is 392 g/mol. The molecule has 27 heavy (non-hydrogen) atoms. The number of hydrogen-bond acceptors (Lipinski definition) is 6. The summed E-state index contributed by atoms with van der Waals surface area (Å²) in [5.41, 5.74) is 1.08. The van der Waals surface area contributed by atoms with Gasteiger partial charge in [-0.2, -0.15) is 0 Å². The Morgan fingerprint density at radius 2 is 2.04 bits per heavy atom. The predicted molar refractivity (Wildman–Crippen MR) is 100 cm³/mol. The molecular formula is C18H18ClN3O5. The van der Waals surface area contributed by atoms with E-state index in [-0.39, 0.29) is 30.0 Å². The van der Waals surface area contributed by atoms with Crippen molar-refractivity contribution in [2.45, 2.75) is 13.5 Å². The molecule has 1 aliphatic heterocycles. The molecule has 0 radical (unpaired) electrons. The molecule has 0 saturated carbocycles. The van der Waals surface area contributed by atoms with Crippen molar-refractivity contribution in [2.24, 2.45) is 0 Å². The van der Waals surface area contributed by atoms with Gasteiger partial charge in [-0.15, -0.1) is 0 Å². The van der Waals surface area contributed by atoms with Crippen molar-refractivity contribution in [3.8, 4) is 11.5 Å². The van der Waals surface area contributed by atoms with Gasteiger partial charge in [0, 0.05) is 18.3 Å². The van der Waals surface area contributed by atoms with Gasteiger partial charge in [-0.25, -0.2) is 0 Å². The topological polar surface area (TPSA) is 93.9 Å². The Bertz CT molecular complexity index is 874. The molecular weight excluding hydrogens is 374 g/mol. The molecule has 9 heteroatoms. The van der Waals surface area contributed by atoms with Crippen LogP contribution in [-0.2, 0) is 11.3 Å². The molecule has 0 saturated heterocycles. The van der Waals surface area contributed by atoms with Crippen molar-refractivity contribution >= 4 is 28.9 Å². The van der Waals surface area contributed by atoms with E-state index in [4.69, 9.17) is 21.1 Å². The summed E-state index contributed by atoms with van der Waals surface area (Å²) >= 11 is 5.78. The Hall–Kier alpha value is -2.84. The van der Waals surface area contributed by atoms with Gasteiger partial charge in [-0.1, -0.05) is 24.6 Å². The summed E-state index contributed by atoms with van der Waals surface area (Å²) in [6.45, 7) is 3.52. The summed E-state index contributed by atoms with van der Waals surface area (Å²) in [7, 11) is 0. The maximum absolute atomic E-state index is 12.3. The monoisotopic (exact) mass is 391 g/mol. The predicted octanol–water partition coefficient (Wildman–Crippen LogP) is 3.44. The van der Waals surface area contributed by atoms with Gasteiger partial charge in [-0.05, 0) is 36.4 Å². The van der Waals surface area contributed by atoms with Crippen molar-refractivity contribution in [3.63, 3.8) is 0 Å². The summed E-state index contributed by atoms with van der Waals surface area (Å²) < 4.78 is 10.7. The number of likely N-dealkylation sites (N-methyl/N-ethyl adjacent to an activating group) is 1. The molecule has 0 atom stereocenters. The number of rotatable bonds is 7. The van der Waals surface area contributed by atoms with E-state index in [0.717, 1.165) is 5.56 Å². The molecule has 3 rings (SSSR count). The number of amides is 1. The number of anilines is 1.